The Kier molecular flexibility index (Phi) is 3.91. The Morgan fingerprint density at radius 3 is 2.26 bits per heavy atom. The molecule has 1 heterocycles. The van der Waals surface area contributed by atoms with E-state index in [1.807, 2.05) is 0 Å². The second-order valence-corrected chi connectivity index (χ2v) is 3.74. The second kappa shape index (κ2) is 5.62. The third-order valence-corrected chi connectivity index (χ3v) is 2.78. The van der Waals surface area contributed by atoms with Crippen LogP contribution in [-0.4, -0.2) is 26.3 Å². The Hall–Kier alpha value is -2.21. The maximum atomic E-state index is 5.63. The molecule has 0 bridgehead atoms. The highest BCUT2D eigenvalue weighted by atomic mass is 16.5. The SMILES string of the molecule is COc1cc(OC)c(-c2ocnc2CN)cc1OC. The lowest BCUT2D eigenvalue weighted by Crippen LogP contribution is -2.00. The summed E-state index contributed by atoms with van der Waals surface area (Å²) in [6, 6.07) is 3.51. The lowest BCUT2D eigenvalue weighted by Gasteiger charge is -2.13. The molecule has 102 valence electrons. The fraction of sp³-hybridized carbons (Fsp3) is 0.308. The van der Waals surface area contributed by atoms with Gasteiger partial charge in [0, 0.05) is 12.6 Å². The van der Waals surface area contributed by atoms with Crippen LogP contribution < -0.4 is 19.9 Å². The van der Waals surface area contributed by atoms with Crippen molar-refractivity contribution in [2.45, 2.75) is 6.54 Å². The van der Waals surface area contributed by atoms with Crippen molar-refractivity contribution in [2.24, 2.45) is 5.73 Å². The Bertz CT molecular complexity index is 566. The molecule has 1 aromatic carbocycles. The molecule has 0 atom stereocenters. The van der Waals surface area contributed by atoms with E-state index < -0.39 is 0 Å². The van der Waals surface area contributed by atoms with Gasteiger partial charge < -0.3 is 24.4 Å². The zero-order valence-corrected chi connectivity index (χ0v) is 11.1. The number of nitrogens with zero attached hydrogens (tertiary/aromatic N) is 1. The lowest BCUT2D eigenvalue weighted by atomic mass is 10.1. The van der Waals surface area contributed by atoms with E-state index in [2.05, 4.69) is 4.98 Å². The van der Waals surface area contributed by atoms with Crippen molar-refractivity contribution >= 4 is 0 Å². The predicted octanol–water partition coefficient (Wildman–Crippen LogP) is 1.83. The number of hydrogen-bond donors (Lipinski definition) is 1. The zero-order chi connectivity index (χ0) is 13.8. The van der Waals surface area contributed by atoms with Crippen LogP contribution in [-0.2, 0) is 6.54 Å². The molecule has 0 fully saturated rings. The number of methoxy groups -OCH3 is 3. The van der Waals surface area contributed by atoms with Crippen LogP contribution in [0.4, 0.5) is 0 Å². The summed E-state index contributed by atoms with van der Waals surface area (Å²) in [5.74, 6) is 2.33. The van der Waals surface area contributed by atoms with Crippen LogP contribution in [0, 0.1) is 0 Å². The summed E-state index contributed by atoms with van der Waals surface area (Å²) < 4.78 is 21.2. The molecule has 2 rings (SSSR count). The first-order valence-electron chi connectivity index (χ1n) is 5.68. The maximum absolute atomic E-state index is 5.63. The van der Waals surface area contributed by atoms with Gasteiger partial charge in [-0.05, 0) is 6.07 Å². The van der Waals surface area contributed by atoms with Gasteiger partial charge in [-0.1, -0.05) is 0 Å². The van der Waals surface area contributed by atoms with Crippen molar-refractivity contribution in [1.29, 1.82) is 0 Å². The first-order valence-corrected chi connectivity index (χ1v) is 5.68. The Balaban J connectivity index is 2.61. The Morgan fingerprint density at radius 2 is 1.68 bits per heavy atom. The number of hydrogen-bond acceptors (Lipinski definition) is 6. The molecule has 0 aliphatic rings. The van der Waals surface area contributed by atoms with Gasteiger partial charge in [0.1, 0.15) is 11.4 Å². The number of aromatic nitrogens is 1. The molecule has 0 saturated carbocycles. The van der Waals surface area contributed by atoms with E-state index in [4.69, 9.17) is 24.4 Å². The molecule has 0 amide bonds. The van der Waals surface area contributed by atoms with Crippen molar-refractivity contribution in [1.82, 2.24) is 4.98 Å². The Morgan fingerprint density at radius 1 is 1.05 bits per heavy atom. The Labute approximate surface area is 111 Å². The number of ether oxygens (including phenoxy) is 3. The molecule has 0 aliphatic carbocycles. The minimum atomic E-state index is 0.281. The van der Waals surface area contributed by atoms with Gasteiger partial charge in [0.15, 0.2) is 23.7 Å². The molecule has 6 heteroatoms. The maximum Gasteiger partial charge on any atom is 0.181 e. The molecular weight excluding hydrogens is 248 g/mol. The summed E-state index contributed by atoms with van der Waals surface area (Å²) in [5.41, 5.74) is 7.01. The minimum Gasteiger partial charge on any atom is -0.496 e. The number of oxazole rings is 1. The van der Waals surface area contributed by atoms with E-state index in [0.29, 0.717) is 28.7 Å². The van der Waals surface area contributed by atoms with E-state index in [0.717, 1.165) is 5.56 Å². The molecule has 0 spiro atoms. The molecule has 2 aromatic rings. The summed E-state index contributed by atoms with van der Waals surface area (Å²) in [5, 5.41) is 0. The molecule has 0 aliphatic heterocycles. The number of rotatable bonds is 5. The molecule has 0 unspecified atom stereocenters. The lowest BCUT2D eigenvalue weighted by molar-refractivity contribution is 0.349. The highest BCUT2D eigenvalue weighted by molar-refractivity contribution is 5.72. The topological polar surface area (TPSA) is 79.7 Å². The molecule has 0 radical (unpaired) electrons. The molecule has 6 nitrogen and oxygen atoms in total. The largest absolute Gasteiger partial charge is 0.496 e. The van der Waals surface area contributed by atoms with E-state index in [-0.39, 0.29) is 6.54 Å². The first-order chi connectivity index (χ1) is 9.24. The van der Waals surface area contributed by atoms with Crippen molar-refractivity contribution in [3.8, 4) is 28.6 Å². The third kappa shape index (κ3) is 2.34. The van der Waals surface area contributed by atoms with Crippen molar-refractivity contribution < 1.29 is 18.6 Å². The average molecular weight is 264 g/mol. The van der Waals surface area contributed by atoms with Gasteiger partial charge in [0.2, 0.25) is 0 Å². The monoisotopic (exact) mass is 264 g/mol. The van der Waals surface area contributed by atoms with Crippen LogP contribution >= 0.6 is 0 Å². The van der Waals surface area contributed by atoms with Crippen LogP contribution in [0.1, 0.15) is 5.69 Å². The standard InChI is InChI=1S/C13H16N2O4/c1-16-10-5-12(18-3)11(17-2)4-8(10)13-9(6-14)15-7-19-13/h4-5,7H,6,14H2,1-3H3. The summed E-state index contributed by atoms with van der Waals surface area (Å²) in [6.07, 6.45) is 1.35. The van der Waals surface area contributed by atoms with E-state index in [1.54, 1.807) is 33.5 Å². The fourth-order valence-corrected chi connectivity index (χ4v) is 1.84. The highest BCUT2D eigenvalue weighted by Gasteiger charge is 2.18. The third-order valence-electron chi connectivity index (χ3n) is 2.78. The van der Waals surface area contributed by atoms with Gasteiger partial charge in [-0.2, -0.15) is 0 Å². The van der Waals surface area contributed by atoms with Gasteiger partial charge in [0.25, 0.3) is 0 Å². The van der Waals surface area contributed by atoms with Crippen LogP contribution in [0.15, 0.2) is 22.9 Å². The molecule has 2 N–H and O–H groups in total. The summed E-state index contributed by atoms with van der Waals surface area (Å²) in [7, 11) is 4.71. The molecule has 19 heavy (non-hydrogen) atoms. The highest BCUT2D eigenvalue weighted by Crippen LogP contribution is 2.40. The number of nitrogens with two attached hydrogens (primary N) is 1. The van der Waals surface area contributed by atoms with E-state index in [1.165, 1.54) is 6.39 Å². The quantitative estimate of drug-likeness (QED) is 0.887. The average Bonchev–Trinajstić information content (AvgIpc) is 2.93. The van der Waals surface area contributed by atoms with Crippen molar-refractivity contribution in [2.75, 3.05) is 21.3 Å². The fourth-order valence-electron chi connectivity index (χ4n) is 1.84. The van der Waals surface area contributed by atoms with E-state index in [9.17, 15) is 0 Å². The van der Waals surface area contributed by atoms with E-state index >= 15 is 0 Å². The zero-order valence-electron chi connectivity index (χ0n) is 11.1. The van der Waals surface area contributed by atoms with Gasteiger partial charge in [0.05, 0.1) is 26.9 Å². The number of benzene rings is 1. The first kappa shape index (κ1) is 13.2. The smallest absolute Gasteiger partial charge is 0.181 e. The normalized spacial score (nSPS) is 10.3. The molecule has 0 saturated heterocycles. The molecule has 1 aromatic heterocycles. The van der Waals surface area contributed by atoms with Gasteiger partial charge in [-0.25, -0.2) is 4.98 Å². The summed E-state index contributed by atoms with van der Waals surface area (Å²) in [4.78, 5) is 4.07. The predicted molar refractivity (Wildman–Crippen MR) is 69.5 cm³/mol. The van der Waals surface area contributed by atoms with Crippen molar-refractivity contribution in [3.05, 3.63) is 24.2 Å². The van der Waals surface area contributed by atoms with Crippen LogP contribution in [0.2, 0.25) is 0 Å². The van der Waals surface area contributed by atoms with Crippen LogP contribution in [0.25, 0.3) is 11.3 Å². The van der Waals surface area contributed by atoms with Crippen LogP contribution in [0.5, 0.6) is 17.2 Å². The van der Waals surface area contributed by atoms with Crippen molar-refractivity contribution in [3.63, 3.8) is 0 Å². The second-order valence-electron chi connectivity index (χ2n) is 3.74. The van der Waals surface area contributed by atoms with Gasteiger partial charge in [-0.15, -0.1) is 0 Å². The minimum absolute atomic E-state index is 0.281. The molecular formula is C13H16N2O4. The summed E-state index contributed by atoms with van der Waals surface area (Å²) >= 11 is 0. The van der Waals surface area contributed by atoms with Gasteiger partial charge >= 0.3 is 0 Å². The summed E-state index contributed by atoms with van der Waals surface area (Å²) in [6.45, 7) is 0.281. The van der Waals surface area contributed by atoms with Gasteiger partial charge in [-0.3, -0.25) is 0 Å². The van der Waals surface area contributed by atoms with Crippen LogP contribution in [0.3, 0.4) is 0 Å².